The van der Waals surface area contributed by atoms with Crippen LogP contribution in [-0.4, -0.2) is 16.5 Å². The van der Waals surface area contributed by atoms with Crippen LogP contribution in [0, 0.1) is 0 Å². The number of halogens is 2. The number of aliphatic imine (C=N–C) groups is 1. The number of amidine groups is 1. The van der Waals surface area contributed by atoms with Crippen molar-refractivity contribution in [2.24, 2.45) is 4.99 Å². The first-order valence-electron chi connectivity index (χ1n) is 7.18. The minimum absolute atomic E-state index is 0.191. The molecule has 0 radical (unpaired) electrons. The molecule has 1 aliphatic heterocycles. The molecule has 2 aromatic carbocycles. The van der Waals surface area contributed by atoms with Gasteiger partial charge in [0, 0.05) is 21.5 Å². The lowest BCUT2D eigenvalue weighted by Crippen LogP contribution is -2.43. The second-order valence-electron chi connectivity index (χ2n) is 5.53. The monoisotopic (exact) mass is 362 g/mol. The van der Waals surface area contributed by atoms with Gasteiger partial charge < -0.3 is 4.90 Å². The van der Waals surface area contributed by atoms with Crippen LogP contribution in [0.25, 0.3) is 0 Å². The molecule has 1 fully saturated rings. The van der Waals surface area contributed by atoms with E-state index >= 15 is 0 Å². The fourth-order valence-electron chi connectivity index (χ4n) is 2.41. The van der Waals surface area contributed by atoms with Crippen molar-refractivity contribution >= 4 is 51.5 Å². The van der Waals surface area contributed by atoms with Crippen molar-refractivity contribution in [1.29, 1.82) is 0 Å². The lowest BCUT2D eigenvalue weighted by Gasteiger charge is -2.33. The van der Waals surface area contributed by atoms with E-state index in [4.69, 9.17) is 28.2 Å². The van der Waals surface area contributed by atoms with Crippen LogP contribution in [-0.2, 0) is 0 Å². The van der Waals surface area contributed by atoms with Gasteiger partial charge in [0.05, 0.1) is 11.2 Å². The molecule has 1 heterocycles. The van der Waals surface area contributed by atoms with E-state index in [1.165, 1.54) is 0 Å². The third-order valence-corrected chi connectivity index (χ3v) is 5.54. The van der Waals surface area contributed by atoms with Crippen LogP contribution in [0.4, 0.5) is 11.4 Å². The van der Waals surface area contributed by atoms with Crippen LogP contribution in [0.1, 0.15) is 6.92 Å². The van der Waals surface area contributed by atoms with Gasteiger partial charge in [0.25, 0.3) is 0 Å². The summed E-state index contributed by atoms with van der Waals surface area (Å²) in [6.45, 7) is 6.17. The molecule has 1 aliphatic rings. The van der Waals surface area contributed by atoms with Gasteiger partial charge in [-0.25, -0.2) is 4.99 Å². The normalized spacial score (nSPS) is 22.6. The van der Waals surface area contributed by atoms with Crippen molar-refractivity contribution < 1.29 is 0 Å². The van der Waals surface area contributed by atoms with Gasteiger partial charge in [-0.3, -0.25) is 0 Å². The third kappa shape index (κ3) is 3.42. The first kappa shape index (κ1) is 16.4. The Bertz CT molecular complexity index is 741. The Hall–Kier alpha value is -1.42. The van der Waals surface area contributed by atoms with Crippen LogP contribution in [0.2, 0.25) is 10.0 Å². The van der Waals surface area contributed by atoms with E-state index in [-0.39, 0.29) is 5.54 Å². The molecular weight excluding hydrogens is 347 g/mol. The molecular formula is C18H16Cl2N2S. The summed E-state index contributed by atoms with van der Waals surface area (Å²) in [7, 11) is 0. The van der Waals surface area contributed by atoms with E-state index in [0.717, 1.165) is 27.3 Å². The summed E-state index contributed by atoms with van der Waals surface area (Å²) in [4.78, 5) is 6.99. The molecule has 23 heavy (non-hydrogen) atoms. The number of anilines is 1. The van der Waals surface area contributed by atoms with E-state index in [2.05, 4.69) is 18.4 Å². The highest BCUT2D eigenvalue weighted by atomic mass is 35.5. The zero-order valence-corrected chi connectivity index (χ0v) is 15.0. The molecule has 3 rings (SSSR count). The highest BCUT2D eigenvalue weighted by Gasteiger charge is 2.39. The highest BCUT2D eigenvalue weighted by Crippen LogP contribution is 2.39. The van der Waals surface area contributed by atoms with Crippen LogP contribution in [0.15, 0.2) is 66.2 Å². The molecule has 0 bridgehead atoms. The molecule has 1 unspecified atom stereocenters. The fraction of sp³-hybridized carbons (Fsp3) is 0.167. The van der Waals surface area contributed by atoms with Crippen molar-refractivity contribution in [3.63, 3.8) is 0 Å². The number of hydrogen-bond donors (Lipinski definition) is 0. The lowest BCUT2D eigenvalue weighted by molar-refractivity contribution is 0.670. The lowest BCUT2D eigenvalue weighted by atomic mass is 10.0. The maximum Gasteiger partial charge on any atom is 0.169 e. The predicted molar refractivity (Wildman–Crippen MR) is 104 cm³/mol. The predicted octanol–water partition coefficient (Wildman–Crippen LogP) is 6.18. The van der Waals surface area contributed by atoms with Crippen molar-refractivity contribution in [3.05, 3.63) is 71.2 Å². The Kier molecular flexibility index (Phi) is 4.72. The maximum atomic E-state index is 6.02. The van der Waals surface area contributed by atoms with Gasteiger partial charge in [0.1, 0.15) is 0 Å². The van der Waals surface area contributed by atoms with E-state index in [1.807, 2.05) is 54.6 Å². The summed E-state index contributed by atoms with van der Waals surface area (Å²) >= 11 is 13.7. The first-order valence-corrected chi connectivity index (χ1v) is 8.92. The Morgan fingerprint density at radius 2 is 1.65 bits per heavy atom. The van der Waals surface area contributed by atoms with E-state index in [9.17, 15) is 0 Å². The second-order valence-corrected chi connectivity index (χ2v) is 7.35. The Morgan fingerprint density at radius 1 is 1.09 bits per heavy atom. The molecule has 5 heteroatoms. The summed E-state index contributed by atoms with van der Waals surface area (Å²) < 4.78 is 0. The minimum Gasteiger partial charge on any atom is -0.311 e. The summed E-state index contributed by atoms with van der Waals surface area (Å²) in [6.07, 6.45) is 1.97. The molecule has 0 N–H and O–H groups in total. The molecule has 0 aliphatic carbocycles. The quantitative estimate of drug-likeness (QED) is 0.605. The Balaban J connectivity index is 2.03. The van der Waals surface area contributed by atoms with Crippen LogP contribution >= 0.6 is 35.0 Å². The average molecular weight is 363 g/mol. The van der Waals surface area contributed by atoms with Gasteiger partial charge in [-0.2, -0.15) is 0 Å². The van der Waals surface area contributed by atoms with Crippen LogP contribution < -0.4 is 4.90 Å². The molecule has 1 saturated heterocycles. The summed E-state index contributed by atoms with van der Waals surface area (Å²) in [5, 5.41) is 2.37. The fourth-order valence-corrected chi connectivity index (χ4v) is 3.95. The molecule has 2 aromatic rings. The zero-order chi connectivity index (χ0) is 16.4. The minimum atomic E-state index is -0.191. The van der Waals surface area contributed by atoms with E-state index < -0.39 is 0 Å². The van der Waals surface area contributed by atoms with Crippen LogP contribution in [0.5, 0.6) is 0 Å². The first-order chi connectivity index (χ1) is 11.0. The molecule has 1 atom stereocenters. The number of benzene rings is 2. The highest BCUT2D eigenvalue weighted by molar-refractivity contribution is 8.14. The molecule has 118 valence electrons. The smallest absolute Gasteiger partial charge is 0.169 e. The topological polar surface area (TPSA) is 15.6 Å². The zero-order valence-electron chi connectivity index (χ0n) is 12.7. The average Bonchev–Trinajstić information content (AvgIpc) is 2.88. The van der Waals surface area contributed by atoms with Crippen molar-refractivity contribution in [2.45, 2.75) is 12.5 Å². The van der Waals surface area contributed by atoms with Crippen molar-refractivity contribution in [3.8, 4) is 0 Å². The largest absolute Gasteiger partial charge is 0.311 e. The van der Waals surface area contributed by atoms with E-state index in [1.54, 1.807) is 11.8 Å². The second kappa shape index (κ2) is 6.60. The van der Waals surface area contributed by atoms with E-state index in [0.29, 0.717) is 5.02 Å². The summed E-state index contributed by atoms with van der Waals surface area (Å²) in [5.74, 6) is 0.894. The number of nitrogens with zero attached hydrogens (tertiary/aromatic N) is 2. The standard InChI is InChI=1S/C18H16Cl2N2S/c1-3-18(2)12-23-17(21-15-8-4-13(19)5-9-15)22(18)16-10-6-14(20)7-11-16/h3-11H,1,12H2,2H3. The third-order valence-electron chi connectivity index (χ3n) is 3.77. The maximum absolute atomic E-state index is 6.02. The Morgan fingerprint density at radius 3 is 2.22 bits per heavy atom. The summed E-state index contributed by atoms with van der Waals surface area (Å²) in [5.41, 5.74) is 1.74. The number of rotatable bonds is 3. The van der Waals surface area contributed by atoms with Crippen molar-refractivity contribution in [2.75, 3.05) is 10.7 Å². The molecule has 0 amide bonds. The molecule has 0 aromatic heterocycles. The summed E-state index contributed by atoms with van der Waals surface area (Å²) in [6, 6.07) is 15.3. The Labute approximate surface area is 150 Å². The van der Waals surface area contributed by atoms with Crippen LogP contribution in [0.3, 0.4) is 0 Å². The van der Waals surface area contributed by atoms with Crippen molar-refractivity contribution in [1.82, 2.24) is 0 Å². The van der Waals surface area contributed by atoms with Gasteiger partial charge >= 0.3 is 0 Å². The SMILES string of the molecule is C=CC1(C)CSC(=Nc2ccc(Cl)cc2)N1c1ccc(Cl)cc1. The van der Waals surface area contributed by atoms with Gasteiger partial charge in [-0.05, 0) is 55.5 Å². The molecule has 2 nitrogen and oxygen atoms in total. The molecule has 0 spiro atoms. The molecule has 0 saturated carbocycles. The van der Waals surface area contributed by atoms with Gasteiger partial charge in [0.2, 0.25) is 0 Å². The number of thioether (sulfide) groups is 1. The van der Waals surface area contributed by atoms with Gasteiger partial charge in [-0.1, -0.05) is 41.0 Å². The van der Waals surface area contributed by atoms with Gasteiger partial charge in [-0.15, -0.1) is 6.58 Å². The van der Waals surface area contributed by atoms with Gasteiger partial charge in [0.15, 0.2) is 5.17 Å². The number of hydrogen-bond acceptors (Lipinski definition) is 2.